The summed E-state index contributed by atoms with van der Waals surface area (Å²) in [4.78, 5) is 0.352. The molecule has 0 aromatic heterocycles. The van der Waals surface area contributed by atoms with Crippen molar-refractivity contribution in [3.8, 4) is 0 Å². The van der Waals surface area contributed by atoms with Crippen LogP contribution in [0.15, 0.2) is 17.0 Å². The predicted molar refractivity (Wildman–Crippen MR) is 87.6 cm³/mol. The number of unbranched alkanes of at least 4 members (excludes halogenated alkanes) is 1. The first-order valence-corrected chi connectivity index (χ1v) is 8.83. The maximum absolute atomic E-state index is 12.4. The van der Waals surface area contributed by atoms with E-state index in [-0.39, 0.29) is 0 Å². The van der Waals surface area contributed by atoms with E-state index in [1.165, 1.54) is 0 Å². The average molecular weight is 313 g/mol. The summed E-state index contributed by atoms with van der Waals surface area (Å²) in [7, 11) is -3.47. The van der Waals surface area contributed by atoms with E-state index in [1.54, 1.807) is 26.0 Å². The molecule has 6 heteroatoms. The lowest BCUT2D eigenvalue weighted by atomic mass is 10.1. The molecular formula is C15H27N3O2S. The Balaban J connectivity index is 2.75. The molecule has 0 aliphatic heterocycles. The molecular weight excluding hydrogens is 286 g/mol. The fraction of sp³-hybridized carbons (Fsp3) is 0.600. The third-order valence-electron chi connectivity index (χ3n) is 3.40. The standard InChI is InChI=1S/C15H27N3O2S/c1-11(2)7-5-6-8-17-21(19,20)15-12(3)9-14(18-16)10-13(15)4/h9-11,17-18H,5-8,16H2,1-4H3. The van der Waals surface area contributed by atoms with Gasteiger partial charge in [-0.25, -0.2) is 13.1 Å². The van der Waals surface area contributed by atoms with Crippen LogP contribution in [-0.4, -0.2) is 15.0 Å². The maximum Gasteiger partial charge on any atom is 0.241 e. The highest BCUT2D eigenvalue weighted by molar-refractivity contribution is 7.89. The van der Waals surface area contributed by atoms with Gasteiger partial charge in [-0.05, 0) is 49.4 Å². The van der Waals surface area contributed by atoms with Gasteiger partial charge in [-0.1, -0.05) is 26.7 Å². The third kappa shape index (κ3) is 5.30. The SMILES string of the molecule is Cc1cc(NN)cc(C)c1S(=O)(=O)NCCCCC(C)C. The van der Waals surface area contributed by atoms with Crippen LogP contribution in [-0.2, 0) is 10.0 Å². The monoisotopic (exact) mass is 313 g/mol. The van der Waals surface area contributed by atoms with Gasteiger partial charge < -0.3 is 5.43 Å². The van der Waals surface area contributed by atoms with Crippen molar-refractivity contribution < 1.29 is 8.42 Å². The largest absolute Gasteiger partial charge is 0.324 e. The average Bonchev–Trinajstić information content (AvgIpc) is 2.36. The van der Waals surface area contributed by atoms with Gasteiger partial charge in [0, 0.05) is 12.2 Å². The molecule has 1 aromatic carbocycles. The number of nitrogens with two attached hydrogens (primary N) is 1. The van der Waals surface area contributed by atoms with Crippen LogP contribution >= 0.6 is 0 Å². The smallest absolute Gasteiger partial charge is 0.241 e. The number of hydrazine groups is 1. The van der Waals surface area contributed by atoms with E-state index in [0.29, 0.717) is 34.2 Å². The first kappa shape index (κ1) is 17.9. The Morgan fingerprint density at radius 2 is 1.71 bits per heavy atom. The molecule has 0 atom stereocenters. The Labute approximate surface area is 128 Å². The zero-order valence-electron chi connectivity index (χ0n) is 13.4. The normalized spacial score (nSPS) is 11.9. The molecule has 4 N–H and O–H groups in total. The zero-order chi connectivity index (χ0) is 16.0. The number of benzene rings is 1. The second-order valence-corrected chi connectivity index (χ2v) is 7.57. The second-order valence-electron chi connectivity index (χ2n) is 5.87. The quantitative estimate of drug-likeness (QED) is 0.391. The van der Waals surface area contributed by atoms with Gasteiger partial charge in [-0.2, -0.15) is 0 Å². The van der Waals surface area contributed by atoms with Crippen LogP contribution in [0.2, 0.25) is 0 Å². The van der Waals surface area contributed by atoms with Crippen molar-refractivity contribution in [1.29, 1.82) is 0 Å². The molecule has 0 fully saturated rings. The van der Waals surface area contributed by atoms with E-state index in [4.69, 9.17) is 5.84 Å². The Hall–Kier alpha value is -1.11. The van der Waals surface area contributed by atoms with Crippen LogP contribution in [0, 0.1) is 19.8 Å². The molecule has 0 bridgehead atoms. The van der Waals surface area contributed by atoms with Crippen molar-refractivity contribution in [2.45, 2.75) is 51.9 Å². The summed E-state index contributed by atoms with van der Waals surface area (Å²) < 4.78 is 27.5. The van der Waals surface area contributed by atoms with E-state index < -0.39 is 10.0 Å². The summed E-state index contributed by atoms with van der Waals surface area (Å²) in [6.07, 6.45) is 3.02. The number of anilines is 1. The molecule has 0 aliphatic carbocycles. The van der Waals surface area contributed by atoms with Gasteiger partial charge in [-0.15, -0.1) is 0 Å². The number of aryl methyl sites for hydroxylation is 2. The molecule has 0 heterocycles. The van der Waals surface area contributed by atoms with E-state index in [1.807, 2.05) is 0 Å². The molecule has 0 aliphatic rings. The van der Waals surface area contributed by atoms with Crippen LogP contribution in [0.3, 0.4) is 0 Å². The van der Waals surface area contributed by atoms with Gasteiger partial charge in [0.25, 0.3) is 0 Å². The summed E-state index contributed by atoms with van der Waals surface area (Å²) in [5.74, 6) is 6.02. The van der Waals surface area contributed by atoms with E-state index in [2.05, 4.69) is 24.0 Å². The first-order chi connectivity index (χ1) is 9.77. The summed E-state index contributed by atoms with van der Waals surface area (Å²) in [5, 5.41) is 0. The van der Waals surface area contributed by atoms with Gasteiger partial charge in [-0.3, -0.25) is 5.84 Å². The number of sulfonamides is 1. The Kier molecular flexibility index (Phi) is 6.64. The second kappa shape index (κ2) is 7.77. The summed E-state index contributed by atoms with van der Waals surface area (Å²) in [5.41, 5.74) is 4.64. The van der Waals surface area contributed by atoms with Crippen molar-refractivity contribution in [2.75, 3.05) is 12.0 Å². The van der Waals surface area contributed by atoms with Crippen LogP contribution < -0.4 is 16.0 Å². The minimum atomic E-state index is -3.47. The first-order valence-electron chi connectivity index (χ1n) is 7.35. The molecule has 0 saturated heterocycles. The lowest BCUT2D eigenvalue weighted by Crippen LogP contribution is -2.26. The molecule has 0 unspecified atom stereocenters. The van der Waals surface area contributed by atoms with Crippen molar-refractivity contribution >= 4 is 15.7 Å². The molecule has 0 radical (unpaired) electrons. The Morgan fingerprint density at radius 1 is 1.14 bits per heavy atom. The maximum atomic E-state index is 12.4. The number of rotatable bonds is 8. The van der Waals surface area contributed by atoms with E-state index in [0.717, 1.165) is 19.3 Å². The molecule has 0 spiro atoms. The van der Waals surface area contributed by atoms with E-state index >= 15 is 0 Å². The number of nitrogen functional groups attached to an aromatic ring is 1. The lowest BCUT2D eigenvalue weighted by Gasteiger charge is -2.14. The lowest BCUT2D eigenvalue weighted by molar-refractivity contribution is 0.530. The molecule has 21 heavy (non-hydrogen) atoms. The highest BCUT2D eigenvalue weighted by Crippen LogP contribution is 2.23. The Morgan fingerprint density at radius 3 is 2.19 bits per heavy atom. The van der Waals surface area contributed by atoms with Crippen molar-refractivity contribution in [3.63, 3.8) is 0 Å². The van der Waals surface area contributed by atoms with Gasteiger partial charge >= 0.3 is 0 Å². The highest BCUT2D eigenvalue weighted by atomic mass is 32.2. The minimum Gasteiger partial charge on any atom is -0.324 e. The molecule has 120 valence electrons. The van der Waals surface area contributed by atoms with Crippen molar-refractivity contribution in [1.82, 2.24) is 4.72 Å². The minimum absolute atomic E-state index is 0.352. The molecule has 5 nitrogen and oxygen atoms in total. The third-order valence-corrected chi connectivity index (χ3v) is 5.16. The molecule has 1 rings (SSSR count). The number of hydrogen-bond donors (Lipinski definition) is 3. The van der Waals surface area contributed by atoms with Crippen LogP contribution in [0.5, 0.6) is 0 Å². The van der Waals surface area contributed by atoms with E-state index in [9.17, 15) is 8.42 Å². The fourth-order valence-corrected chi connectivity index (χ4v) is 3.94. The molecule has 0 saturated carbocycles. The van der Waals surface area contributed by atoms with Gasteiger partial charge in [0.05, 0.1) is 4.90 Å². The summed E-state index contributed by atoms with van der Waals surface area (Å²) in [6, 6.07) is 3.47. The van der Waals surface area contributed by atoms with Crippen LogP contribution in [0.1, 0.15) is 44.2 Å². The van der Waals surface area contributed by atoms with Crippen LogP contribution in [0.4, 0.5) is 5.69 Å². The fourth-order valence-electron chi connectivity index (χ4n) is 2.41. The van der Waals surface area contributed by atoms with Gasteiger partial charge in [0.2, 0.25) is 10.0 Å². The van der Waals surface area contributed by atoms with Gasteiger partial charge in [0.1, 0.15) is 0 Å². The highest BCUT2D eigenvalue weighted by Gasteiger charge is 2.19. The Bertz CT molecular complexity index is 545. The topological polar surface area (TPSA) is 84.2 Å². The number of nitrogens with one attached hydrogen (secondary N) is 2. The van der Waals surface area contributed by atoms with Gasteiger partial charge in [0.15, 0.2) is 0 Å². The summed E-state index contributed by atoms with van der Waals surface area (Å²) >= 11 is 0. The van der Waals surface area contributed by atoms with Crippen molar-refractivity contribution in [3.05, 3.63) is 23.3 Å². The zero-order valence-corrected chi connectivity index (χ0v) is 14.2. The van der Waals surface area contributed by atoms with Crippen LogP contribution in [0.25, 0.3) is 0 Å². The predicted octanol–water partition coefficient (Wildman–Crippen LogP) is 2.69. The summed E-state index contributed by atoms with van der Waals surface area (Å²) in [6.45, 7) is 8.38. The van der Waals surface area contributed by atoms with Crippen molar-refractivity contribution in [2.24, 2.45) is 11.8 Å². The number of hydrogen-bond acceptors (Lipinski definition) is 4. The molecule has 1 aromatic rings. The molecule has 0 amide bonds.